The first kappa shape index (κ1) is 36.0. The molecule has 2 bridgehead atoms. The Kier molecular flexibility index (Phi) is 10.4. The molecule has 3 aliphatic carbocycles. The first-order valence-electron chi connectivity index (χ1n) is 18.2. The first-order chi connectivity index (χ1) is 23.7. The summed E-state index contributed by atoms with van der Waals surface area (Å²) in [6.07, 6.45) is 7.64. The van der Waals surface area contributed by atoms with E-state index in [1.807, 2.05) is 50.2 Å². The summed E-state index contributed by atoms with van der Waals surface area (Å²) in [5.41, 5.74) is 0.808. The van der Waals surface area contributed by atoms with Crippen molar-refractivity contribution >= 4 is 35.6 Å². The third-order valence-electron chi connectivity index (χ3n) is 11.4. The minimum atomic E-state index is -0.924. The number of carbonyl (C=O) groups is 3. The summed E-state index contributed by atoms with van der Waals surface area (Å²) in [5.74, 6) is -0.317. The highest BCUT2D eigenvalue weighted by Gasteiger charge is 2.68. The van der Waals surface area contributed by atoms with Crippen LogP contribution in [-0.4, -0.2) is 64.5 Å². The van der Waals surface area contributed by atoms with Gasteiger partial charge >= 0.3 is 7.12 Å². The highest BCUT2D eigenvalue weighted by Crippen LogP contribution is 2.65. The quantitative estimate of drug-likeness (QED) is 0.209. The average Bonchev–Trinajstić information content (AvgIpc) is 3.44. The number of nitrogens with one attached hydrogen (secondary N) is 3. The zero-order valence-corrected chi connectivity index (χ0v) is 30.4. The van der Waals surface area contributed by atoms with Gasteiger partial charge in [0.05, 0.1) is 23.8 Å². The molecule has 50 heavy (non-hydrogen) atoms. The zero-order valence-electron chi connectivity index (χ0n) is 30.4. The standard InChI is InChI=1S/C39H52BN5O5/c1-23(2)16-29(43-37(48)31-22-41-14-15-42-31)35(46)44-30(19-25-12-13-26-10-8-9-11-27(26)18-25)36(47)45-34(17-24(3)4)40-49-33-21-28-20-32(38(28,5)6)39(33,7)50-40/h8-15,18,22-24,28-30,32-34H,16-17,19-21H2,1-7H3,(H,43,48)(H,44,46)(H,45,47)/t28-,29-,30-,32?,33+,34-,39-/m0/s1. The summed E-state index contributed by atoms with van der Waals surface area (Å²) < 4.78 is 13.5. The lowest BCUT2D eigenvalue weighted by Gasteiger charge is -2.64. The molecule has 1 aromatic heterocycles. The van der Waals surface area contributed by atoms with Gasteiger partial charge in [-0.2, -0.15) is 0 Å². The summed E-state index contributed by atoms with van der Waals surface area (Å²) in [6.45, 7) is 15.0. The minimum Gasteiger partial charge on any atom is -0.404 e. The van der Waals surface area contributed by atoms with E-state index in [1.165, 1.54) is 18.6 Å². The molecule has 0 spiro atoms. The summed E-state index contributed by atoms with van der Waals surface area (Å²) in [5, 5.41) is 11.3. The van der Waals surface area contributed by atoms with E-state index >= 15 is 0 Å². The van der Waals surface area contributed by atoms with Crippen molar-refractivity contribution in [3.63, 3.8) is 0 Å². The number of aromatic nitrogens is 2. The van der Waals surface area contributed by atoms with Gasteiger partial charge in [0.15, 0.2) is 0 Å². The average molecular weight is 682 g/mol. The van der Waals surface area contributed by atoms with Crippen molar-refractivity contribution in [3.05, 3.63) is 72.3 Å². The number of fused-ring (bicyclic) bond motifs is 1. The third-order valence-corrected chi connectivity index (χ3v) is 11.4. The normalized spacial score (nSPS) is 25.4. The van der Waals surface area contributed by atoms with Crippen molar-refractivity contribution in [2.75, 3.05) is 0 Å². The molecule has 1 saturated heterocycles. The van der Waals surface area contributed by atoms with Gasteiger partial charge in [0.25, 0.3) is 5.91 Å². The molecule has 7 rings (SSSR count). The molecule has 3 saturated carbocycles. The van der Waals surface area contributed by atoms with Crippen molar-refractivity contribution in [1.29, 1.82) is 0 Å². The van der Waals surface area contributed by atoms with Gasteiger partial charge in [0.2, 0.25) is 11.8 Å². The Morgan fingerprint density at radius 1 is 0.880 bits per heavy atom. The van der Waals surface area contributed by atoms with E-state index in [1.54, 1.807) is 0 Å². The van der Waals surface area contributed by atoms with E-state index in [0.717, 1.165) is 29.2 Å². The zero-order chi connectivity index (χ0) is 35.8. The Bertz CT molecular complexity index is 1700. The fraction of sp³-hybridized carbons (Fsp3) is 0.564. The van der Waals surface area contributed by atoms with E-state index in [-0.39, 0.29) is 41.4 Å². The van der Waals surface area contributed by atoms with Crippen molar-refractivity contribution in [1.82, 2.24) is 25.9 Å². The van der Waals surface area contributed by atoms with Crippen molar-refractivity contribution in [3.8, 4) is 0 Å². The molecule has 10 nitrogen and oxygen atoms in total. The SMILES string of the molecule is CC(C)C[C@H](NC(=O)[C@H](Cc1ccc2ccccc2c1)NC(=O)[C@H](CC(C)C)NC(=O)c1cnccn1)B1O[C@@H]2C[C@@H]3CC(C3(C)C)[C@]2(C)O1. The van der Waals surface area contributed by atoms with Gasteiger partial charge in [0, 0.05) is 18.8 Å². The molecular formula is C39H52BN5O5. The van der Waals surface area contributed by atoms with Crippen LogP contribution >= 0.6 is 0 Å². The minimum absolute atomic E-state index is 0.0151. The van der Waals surface area contributed by atoms with E-state index in [4.69, 9.17) is 9.31 Å². The number of hydrogen-bond acceptors (Lipinski definition) is 7. The van der Waals surface area contributed by atoms with Crippen molar-refractivity contribution < 1.29 is 23.7 Å². The third kappa shape index (κ3) is 7.44. The van der Waals surface area contributed by atoms with Crippen LogP contribution in [0.5, 0.6) is 0 Å². The molecule has 4 aliphatic rings. The van der Waals surface area contributed by atoms with Gasteiger partial charge in [-0.15, -0.1) is 0 Å². The maximum absolute atomic E-state index is 14.4. The molecule has 2 heterocycles. The Morgan fingerprint density at radius 2 is 1.60 bits per heavy atom. The Morgan fingerprint density at radius 3 is 2.28 bits per heavy atom. The lowest BCUT2D eigenvalue weighted by atomic mass is 9.43. The highest BCUT2D eigenvalue weighted by molar-refractivity contribution is 6.48. The largest absolute Gasteiger partial charge is 0.481 e. The van der Waals surface area contributed by atoms with Crippen molar-refractivity contribution in [2.45, 2.75) is 110 Å². The Labute approximate surface area is 296 Å². The molecule has 3 amide bonds. The fourth-order valence-corrected chi connectivity index (χ4v) is 8.53. The summed E-state index contributed by atoms with van der Waals surface area (Å²) in [6, 6.07) is 12.3. The van der Waals surface area contributed by atoms with Crippen LogP contribution in [-0.2, 0) is 25.3 Å². The predicted molar refractivity (Wildman–Crippen MR) is 194 cm³/mol. The lowest BCUT2D eigenvalue weighted by Crippen LogP contribution is -2.65. The van der Waals surface area contributed by atoms with Gasteiger partial charge in [-0.1, -0.05) is 84.0 Å². The van der Waals surface area contributed by atoms with Gasteiger partial charge in [-0.05, 0) is 78.0 Å². The van der Waals surface area contributed by atoms with Crippen LogP contribution in [0.3, 0.4) is 0 Å². The number of carbonyl (C=O) groups excluding carboxylic acids is 3. The maximum Gasteiger partial charge on any atom is 0.481 e. The monoisotopic (exact) mass is 681 g/mol. The van der Waals surface area contributed by atoms with E-state index < -0.39 is 42.6 Å². The molecular weight excluding hydrogens is 629 g/mol. The topological polar surface area (TPSA) is 132 Å². The van der Waals surface area contributed by atoms with E-state index in [9.17, 15) is 14.4 Å². The van der Waals surface area contributed by atoms with Crippen LogP contribution in [0, 0.1) is 29.1 Å². The highest BCUT2D eigenvalue weighted by atomic mass is 16.7. The number of rotatable bonds is 13. The van der Waals surface area contributed by atoms with Crippen LogP contribution in [0.1, 0.15) is 90.2 Å². The Hall–Kier alpha value is -3.83. The number of amides is 3. The second-order valence-corrected chi connectivity index (χ2v) is 16.3. The molecule has 0 radical (unpaired) electrons. The van der Waals surface area contributed by atoms with Crippen molar-refractivity contribution in [2.24, 2.45) is 29.1 Å². The van der Waals surface area contributed by atoms with Gasteiger partial charge in [-0.25, -0.2) is 4.98 Å². The molecule has 7 atom stereocenters. The van der Waals surface area contributed by atoms with Crippen LogP contribution in [0.25, 0.3) is 10.8 Å². The number of benzene rings is 2. The van der Waals surface area contributed by atoms with Gasteiger partial charge in [0.1, 0.15) is 17.8 Å². The van der Waals surface area contributed by atoms with Crippen LogP contribution < -0.4 is 16.0 Å². The van der Waals surface area contributed by atoms with E-state index in [0.29, 0.717) is 24.7 Å². The summed E-state index contributed by atoms with van der Waals surface area (Å²) in [4.78, 5) is 49.6. The Balaban J connectivity index is 1.24. The van der Waals surface area contributed by atoms with Crippen LogP contribution in [0.2, 0.25) is 0 Å². The van der Waals surface area contributed by atoms with Gasteiger partial charge < -0.3 is 25.3 Å². The summed E-state index contributed by atoms with van der Waals surface area (Å²) in [7, 11) is -0.594. The number of nitrogens with zero attached hydrogens (tertiary/aromatic N) is 2. The molecule has 266 valence electrons. The fourth-order valence-electron chi connectivity index (χ4n) is 8.53. The lowest BCUT2D eigenvalue weighted by molar-refractivity contribution is -0.199. The molecule has 11 heteroatoms. The first-order valence-corrected chi connectivity index (χ1v) is 18.2. The van der Waals surface area contributed by atoms with Gasteiger partial charge in [-0.3, -0.25) is 19.4 Å². The molecule has 3 aromatic rings. The molecule has 4 fully saturated rings. The van der Waals surface area contributed by atoms with Crippen LogP contribution in [0.4, 0.5) is 0 Å². The molecule has 3 N–H and O–H groups in total. The maximum atomic E-state index is 14.4. The second kappa shape index (κ2) is 14.4. The number of hydrogen-bond donors (Lipinski definition) is 3. The smallest absolute Gasteiger partial charge is 0.404 e. The second-order valence-electron chi connectivity index (χ2n) is 16.3. The molecule has 1 aliphatic heterocycles. The molecule has 2 aromatic carbocycles. The molecule has 1 unspecified atom stereocenters. The van der Waals surface area contributed by atoms with E-state index in [2.05, 4.69) is 66.6 Å². The predicted octanol–water partition coefficient (Wildman–Crippen LogP) is 5.30. The van der Waals surface area contributed by atoms with Crippen LogP contribution in [0.15, 0.2) is 61.1 Å². The summed E-state index contributed by atoms with van der Waals surface area (Å²) >= 11 is 0.